The zero-order valence-electron chi connectivity index (χ0n) is 14.7. The first kappa shape index (κ1) is 18.9. The van der Waals surface area contributed by atoms with Crippen molar-refractivity contribution >= 4 is 27.5 Å². The highest BCUT2D eigenvalue weighted by molar-refractivity contribution is 7.87. The summed E-state index contributed by atoms with van der Waals surface area (Å²) in [5.41, 5.74) is 2.45. The summed E-state index contributed by atoms with van der Waals surface area (Å²) in [6.45, 7) is 4.74. The number of nitrogens with zero attached hydrogens (tertiary/aromatic N) is 2. The predicted octanol–water partition coefficient (Wildman–Crippen LogP) is 1.96. The summed E-state index contributed by atoms with van der Waals surface area (Å²) in [6.07, 6.45) is 4.10. The third kappa shape index (κ3) is 4.86. The molecule has 2 fully saturated rings. The Morgan fingerprint density at radius 2 is 1.84 bits per heavy atom. The zero-order chi connectivity index (χ0) is 17.9. The predicted molar refractivity (Wildman–Crippen MR) is 102 cm³/mol. The molecule has 0 aromatic heterocycles. The highest BCUT2D eigenvalue weighted by Gasteiger charge is 2.25. The van der Waals surface area contributed by atoms with Crippen molar-refractivity contribution < 1.29 is 8.42 Å². The van der Waals surface area contributed by atoms with Crippen LogP contribution in [0.5, 0.6) is 0 Å². The molecule has 1 aromatic carbocycles. The Labute approximate surface area is 155 Å². The maximum absolute atomic E-state index is 11.6. The first-order valence-corrected chi connectivity index (χ1v) is 10.8. The lowest BCUT2D eigenvalue weighted by Gasteiger charge is -2.33. The average molecular weight is 387 g/mol. The molecule has 2 saturated heterocycles. The van der Waals surface area contributed by atoms with E-state index >= 15 is 0 Å². The Bertz CT molecular complexity index is 684. The summed E-state index contributed by atoms with van der Waals surface area (Å²) in [5, 5.41) is 0.822. The molecular formula is C17H27ClN4O2S. The summed E-state index contributed by atoms with van der Waals surface area (Å²) in [7, 11) is -1.94. The van der Waals surface area contributed by atoms with Gasteiger partial charge in [-0.2, -0.15) is 13.1 Å². The Hall–Kier alpha value is -0.860. The maximum Gasteiger partial charge on any atom is 0.276 e. The summed E-state index contributed by atoms with van der Waals surface area (Å²) < 4.78 is 28.2. The van der Waals surface area contributed by atoms with Gasteiger partial charge >= 0.3 is 0 Å². The van der Waals surface area contributed by atoms with Crippen LogP contribution in [0.2, 0.25) is 5.02 Å². The number of nitrogens with one attached hydrogen (secondary N) is 2. The molecular weight excluding hydrogens is 360 g/mol. The second-order valence-electron chi connectivity index (χ2n) is 6.81. The van der Waals surface area contributed by atoms with Gasteiger partial charge in [-0.05, 0) is 37.8 Å². The molecule has 0 bridgehead atoms. The van der Waals surface area contributed by atoms with Gasteiger partial charge in [0.15, 0.2) is 0 Å². The van der Waals surface area contributed by atoms with E-state index in [0.29, 0.717) is 0 Å². The molecule has 25 heavy (non-hydrogen) atoms. The van der Waals surface area contributed by atoms with Gasteiger partial charge in [-0.25, -0.2) is 4.72 Å². The van der Waals surface area contributed by atoms with Crippen LogP contribution in [0.25, 0.3) is 0 Å². The number of hydrogen-bond acceptors (Lipinski definition) is 4. The van der Waals surface area contributed by atoms with Crippen LogP contribution < -0.4 is 14.3 Å². The van der Waals surface area contributed by atoms with Gasteiger partial charge in [-0.15, -0.1) is 0 Å². The average Bonchev–Trinajstić information content (AvgIpc) is 3.12. The molecule has 2 aliphatic heterocycles. The summed E-state index contributed by atoms with van der Waals surface area (Å²) in [4.78, 5) is 4.79. The number of benzene rings is 1. The van der Waals surface area contributed by atoms with Gasteiger partial charge in [0.05, 0.1) is 0 Å². The molecule has 0 radical (unpaired) electrons. The lowest BCUT2D eigenvalue weighted by Crippen LogP contribution is -2.47. The number of rotatable bonds is 6. The molecule has 6 nitrogen and oxygen atoms in total. The number of likely N-dealkylation sites (tertiary alicyclic amines) is 1. The van der Waals surface area contributed by atoms with Crippen LogP contribution in [-0.2, 0) is 16.8 Å². The molecule has 2 N–H and O–H groups in total. The molecule has 0 amide bonds. The van der Waals surface area contributed by atoms with Crippen molar-refractivity contribution in [1.29, 1.82) is 0 Å². The molecule has 1 aromatic rings. The Balaban J connectivity index is 1.62. The maximum atomic E-state index is 11.6. The van der Waals surface area contributed by atoms with Crippen molar-refractivity contribution in [2.75, 3.05) is 38.1 Å². The van der Waals surface area contributed by atoms with Crippen LogP contribution in [0.15, 0.2) is 18.2 Å². The van der Waals surface area contributed by atoms with Crippen molar-refractivity contribution in [2.24, 2.45) is 0 Å². The van der Waals surface area contributed by atoms with E-state index in [-0.39, 0.29) is 6.04 Å². The van der Waals surface area contributed by atoms with Crippen LogP contribution in [0.3, 0.4) is 0 Å². The molecule has 2 heterocycles. The van der Waals surface area contributed by atoms with E-state index in [9.17, 15) is 8.42 Å². The topological polar surface area (TPSA) is 64.7 Å². The minimum Gasteiger partial charge on any atom is -0.371 e. The number of halogens is 1. The van der Waals surface area contributed by atoms with Crippen molar-refractivity contribution in [3.8, 4) is 0 Å². The van der Waals surface area contributed by atoms with Crippen LogP contribution in [0.4, 0.5) is 5.69 Å². The second kappa shape index (κ2) is 8.22. The third-order valence-electron chi connectivity index (χ3n) is 5.10. The van der Waals surface area contributed by atoms with Crippen LogP contribution in [0, 0.1) is 0 Å². The van der Waals surface area contributed by atoms with Crippen molar-refractivity contribution in [1.82, 2.24) is 14.3 Å². The molecule has 140 valence electrons. The Morgan fingerprint density at radius 3 is 2.48 bits per heavy atom. The highest BCUT2D eigenvalue weighted by Crippen LogP contribution is 2.31. The smallest absolute Gasteiger partial charge is 0.276 e. The standard InChI is InChI=1S/C17H27ClN4O2S/c1-19-25(23,24)20-14-7-11-21(12-8-14)13-15-16(18)5-4-6-17(15)22-9-2-3-10-22/h4-6,14,19-20H,2-3,7-13H2,1H3. The van der Waals surface area contributed by atoms with Gasteiger partial charge in [0.25, 0.3) is 10.2 Å². The van der Waals surface area contributed by atoms with Crippen molar-refractivity contribution in [2.45, 2.75) is 38.3 Å². The van der Waals surface area contributed by atoms with Gasteiger partial charge < -0.3 is 4.90 Å². The van der Waals surface area contributed by atoms with E-state index in [1.165, 1.54) is 31.1 Å². The fourth-order valence-corrected chi connectivity index (χ4v) is 4.69. The quantitative estimate of drug-likeness (QED) is 0.784. The lowest BCUT2D eigenvalue weighted by atomic mass is 10.0. The molecule has 8 heteroatoms. The fraction of sp³-hybridized carbons (Fsp3) is 0.647. The van der Waals surface area contributed by atoms with Crippen LogP contribution >= 0.6 is 11.6 Å². The number of piperidine rings is 1. The normalized spacial score (nSPS) is 20.3. The molecule has 0 spiro atoms. The van der Waals surface area contributed by atoms with Gasteiger partial charge in [-0.3, -0.25) is 4.90 Å². The number of hydrogen-bond donors (Lipinski definition) is 2. The first-order chi connectivity index (χ1) is 12.0. The van der Waals surface area contributed by atoms with E-state index < -0.39 is 10.2 Å². The van der Waals surface area contributed by atoms with E-state index in [1.54, 1.807) is 0 Å². The molecule has 2 aliphatic rings. The van der Waals surface area contributed by atoms with Crippen molar-refractivity contribution in [3.63, 3.8) is 0 Å². The summed E-state index contributed by atoms with van der Waals surface area (Å²) in [6, 6.07) is 6.15. The zero-order valence-corrected chi connectivity index (χ0v) is 16.2. The fourth-order valence-electron chi connectivity index (χ4n) is 3.67. The highest BCUT2D eigenvalue weighted by atomic mass is 35.5. The molecule has 0 saturated carbocycles. The van der Waals surface area contributed by atoms with Gasteiger partial charge in [0.1, 0.15) is 0 Å². The minimum atomic E-state index is -3.37. The largest absolute Gasteiger partial charge is 0.371 e. The molecule has 0 unspecified atom stereocenters. The molecule has 0 aliphatic carbocycles. The monoisotopic (exact) mass is 386 g/mol. The third-order valence-corrected chi connectivity index (χ3v) is 6.64. The summed E-state index contributed by atoms with van der Waals surface area (Å²) in [5.74, 6) is 0. The summed E-state index contributed by atoms with van der Waals surface area (Å²) >= 11 is 6.51. The SMILES string of the molecule is CNS(=O)(=O)NC1CCN(Cc2c(Cl)cccc2N2CCCC2)CC1. The van der Waals surface area contributed by atoms with E-state index in [0.717, 1.165) is 50.6 Å². The van der Waals surface area contributed by atoms with E-state index in [2.05, 4.69) is 25.3 Å². The Morgan fingerprint density at radius 1 is 1.16 bits per heavy atom. The first-order valence-electron chi connectivity index (χ1n) is 8.94. The second-order valence-corrected chi connectivity index (χ2v) is 8.87. The molecule has 0 atom stereocenters. The van der Waals surface area contributed by atoms with Gasteiger partial charge in [0.2, 0.25) is 0 Å². The van der Waals surface area contributed by atoms with E-state index in [1.807, 2.05) is 12.1 Å². The Kier molecular flexibility index (Phi) is 6.22. The van der Waals surface area contributed by atoms with Gasteiger partial charge in [-0.1, -0.05) is 17.7 Å². The number of anilines is 1. The van der Waals surface area contributed by atoms with Crippen LogP contribution in [-0.4, -0.2) is 52.6 Å². The van der Waals surface area contributed by atoms with Crippen molar-refractivity contribution in [3.05, 3.63) is 28.8 Å². The minimum absolute atomic E-state index is 0.00185. The lowest BCUT2D eigenvalue weighted by molar-refractivity contribution is 0.200. The van der Waals surface area contributed by atoms with Crippen LogP contribution in [0.1, 0.15) is 31.2 Å². The van der Waals surface area contributed by atoms with E-state index in [4.69, 9.17) is 11.6 Å². The van der Waals surface area contributed by atoms with Gasteiger partial charge in [0, 0.05) is 62.1 Å². The molecule has 3 rings (SSSR count).